The van der Waals surface area contributed by atoms with Gasteiger partial charge in [-0.1, -0.05) is 26.7 Å². The van der Waals surface area contributed by atoms with Gasteiger partial charge in [-0.15, -0.1) is 0 Å². The molecule has 0 radical (unpaired) electrons. The third-order valence-electron chi connectivity index (χ3n) is 2.45. The molecule has 3 nitrogen and oxygen atoms in total. The first-order valence-electron chi connectivity index (χ1n) is 5.81. The van der Waals surface area contributed by atoms with Gasteiger partial charge in [-0.3, -0.25) is 4.98 Å². The van der Waals surface area contributed by atoms with Crippen LogP contribution in [0.15, 0.2) is 24.5 Å². The number of nitrogens with zero attached hydrogens (tertiary/aromatic N) is 1. The van der Waals surface area contributed by atoms with E-state index in [9.17, 15) is 4.79 Å². The lowest BCUT2D eigenvalue weighted by Crippen LogP contribution is -2.12. The lowest BCUT2D eigenvalue weighted by atomic mass is 10.1. The van der Waals surface area contributed by atoms with Crippen molar-refractivity contribution in [2.75, 3.05) is 6.61 Å². The van der Waals surface area contributed by atoms with Gasteiger partial charge < -0.3 is 4.74 Å². The van der Waals surface area contributed by atoms with Crippen LogP contribution in [0.2, 0.25) is 0 Å². The molecule has 0 saturated carbocycles. The van der Waals surface area contributed by atoms with Crippen molar-refractivity contribution in [3.05, 3.63) is 30.1 Å². The standard InChI is InChI=1S/C13H19NO2/c1-3-4-6-11(2)10-16-13(15)12-7-5-8-14-9-12/h5,7-9,11H,3-4,6,10H2,1-2H3. The van der Waals surface area contributed by atoms with Crippen LogP contribution in [0.5, 0.6) is 0 Å². The maximum absolute atomic E-state index is 11.6. The highest BCUT2D eigenvalue weighted by Crippen LogP contribution is 2.09. The zero-order valence-electron chi connectivity index (χ0n) is 9.98. The molecular weight excluding hydrogens is 202 g/mol. The van der Waals surface area contributed by atoms with E-state index in [-0.39, 0.29) is 5.97 Å². The number of aromatic nitrogens is 1. The van der Waals surface area contributed by atoms with E-state index in [0.29, 0.717) is 18.1 Å². The first kappa shape index (κ1) is 12.7. The summed E-state index contributed by atoms with van der Waals surface area (Å²) >= 11 is 0. The molecular formula is C13H19NO2. The fourth-order valence-electron chi connectivity index (χ4n) is 1.42. The van der Waals surface area contributed by atoms with E-state index < -0.39 is 0 Å². The van der Waals surface area contributed by atoms with E-state index in [2.05, 4.69) is 18.8 Å². The highest BCUT2D eigenvalue weighted by molar-refractivity contribution is 5.88. The summed E-state index contributed by atoms with van der Waals surface area (Å²) in [5.41, 5.74) is 0.519. The van der Waals surface area contributed by atoms with Gasteiger partial charge in [-0.2, -0.15) is 0 Å². The molecule has 0 N–H and O–H groups in total. The van der Waals surface area contributed by atoms with Crippen LogP contribution in [-0.4, -0.2) is 17.6 Å². The lowest BCUT2D eigenvalue weighted by molar-refractivity contribution is 0.0442. The summed E-state index contributed by atoms with van der Waals surface area (Å²) in [4.78, 5) is 15.4. The van der Waals surface area contributed by atoms with E-state index in [1.807, 2.05) is 0 Å². The number of hydrogen-bond acceptors (Lipinski definition) is 3. The van der Waals surface area contributed by atoms with E-state index in [1.165, 1.54) is 19.0 Å². The Labute approximate surface area is 96.8 Å². The van der Waals surface area contributed by atoms with E-state index in [0.717, 1.165) is 6.42 Å². The van der Waals surface area contributed by atoms with Crippen LogP contribution >= 0.6 is 0 Å². The number of pyridine rings is 1. The van der Waals surface area contributed by atoms with E-state index >= 15 is 0 Å². The molecule has 1 aromatic heterocycles. The monoisotopic (exact) mass is 221 g/mol. The van der Waals surface area contributed by atoms with E-state index in [4.69, 9.17) is 4.74 Å². The van der Waals surface area contributed by atoms with Gasteiger partial charge in [0, 0.05) is 12.4 Å². The maximum Gasteiger partial charge on any atom is 0.339 e. The second kappa shape index (κ2) is 6.99. The zero-order chi connectivity index (χ0) is 11.8. The molecule has 3 heteroatoms. The molecule has 0 aromatic carbocycles. The Morgan fingerprint density at radius 3 is 3.00 bits per heavy atom. The van der Waals surface area contributed by atoms with Crippen molar-refractivity contribution in [2.24, 2.45) is 5.92 Å². The number of unbranched alkanes of at least 4 members (excludes halogenated alkanes) is 1. The third-order valence-corrected chi connectivity index (χ3v) is 2.45. The van der Waals surface area contributed by atoms with Crippen molar-refractivity contribution < 1.29 is 9.53 Å². The highest BCUT2D eigenvalue weighted by atomic mass is 16.5. The van der Waals surface area contributed by atoms with Crippen LogP contribution in [0, 0.1) is 5.92 Å². The molecule has 1 heterocycles. The lowest BCUT2D eigenvalue weighted by Gasteiger charge is -2.11. The fraction of sp³-hybridized carbons (Fsp3) is 0.538. The largest absolute Gasteiger partial charge is 0.462 e. The molecule has 0 aliphatic carbocycles. The van der Waals surface area contributed by atoms with Crippen molar-refractivity contribution in [3.63, 3.8) is 0 Å². The predicted molar refractivity (Wildman–Crippen MR) is 63.2 cm³/mol. The molecule has 1 unspecified atom stereocenters. The summed E-state index contributed by atoms with van der Waals surface area (Å²) < 4.78 is 5.21. The molecule has 0 fully saturated rings. The van der Waals surface area contributed by atoms with Gasteiger partial charge >= 0.3 is 5.97 Å². The molecule has 0 saturated heterocycles. The summed E-state index contributed by atoms with van der Waals surface area (Å²) in [6.07, 6.45) is 6.64. The van der Waals surface area contributed by atoms with Crippen molar-refractivity contribution >= 4 is 5.97 Å². The van der Waals surface area contributed by atoms with Crippen molar-refractivity contribution in [2.45, 2.75) is 33.1 Å². The average molecular weight is 221 g/mol. The molecule has 0 spiro atoms. The van der Waals surface area contributed by atoms with Crippen molar-refractivity contribution in [1.82, 2.24) is 4.98 Å². The first-order chi connectivity index (χ1) is 7.74. The predicted octanol–water partition coefficient (Wildman–Crippen LogP) is 3.06. The highest BCUT2D eigenvalue weighted by Gasteiger charge is 2.09. The Hall–Kier alpha value is -1.38. The van der Waals surface area contributed by atoms with Crippen LogP contribution in [-0.2, 0) is 4.74 Å². The van der Waals surface area contributed by atoms with Gasteiger partial charge in [0.05, 0.1) is 12.2 Å². The Morgan fingerprint density at radius 1 is 1.56 bits per heavy atom. The number of carbonyl (C=O) groups is 1. The molecule has 1 aromatic rings. The van der Waals surface area contributed by atoms with Crippen molar-refractivity contribution in [1.29, 1.82) is 0 Å². The molecule has 88 valence electrons. The van der Waals surface area contributed by atoms with Gasteiger partial charge in [0.2, 0.25) is 0 Å². The number of ether oxygens (including phenoxy) is 1. The fourth-order valence-corrected chi connectivity index (χ4v) is 1.42. The number of esters is 1. The van der Waals surface area contributed by atoms with Crippen LogP contribution in [0.25, 0.3) is 0 Å². The Morgan fingerprint density at radius 2 is 2.38 bits per heavy atom. The summed E-state index contributed by atoms with van der Waals surface area (Å²) in [7, 11) is 0. The SMILES string of the molecule is CCCCC(C)COC(=O)c1cccnc1. The maximum atomic E-state index is 11.6. The Kier molecular flexibility index (Phi) is 5.54. The minimum absolute atomic E-state index is 0.281. The summed E-state index contributed by atoms with van der Waals surface area (Å²) in [5, 5.41) is 0. The topological polar surface area (TPSA) is 39.2 Å². The third kappa shape index (κ3) is 4.43. The van der Waals surface area contributed by atoms with Crippen LogP contribution in [0.1, 0.15) is 43.5 Å². The smallest absolute Gasteiger partial charge is 0.339 e. The molecule has 1 atom stereocenters. The van der Waals surface area contributed by atoms with Crippen molar-refractivity contribution in [3.8, 4) is 0 Å². The molecule has 0 bridgehead atoms. The van der Waals surface area contributed by atoms with Gasteiger partial charge in [0.15, 0.2) is 0 Å². The molecule has 0 aliphatic heterocycles. The number of carbonyl (C=O) groups excluding carboxylic acids is 1. The number of hydrogen-bond donors (Lipinski definition) is 0. The molecule has 1 rings (SSSR count). The zero-order valence-corrected chi connectivity index (χ0v) is 9.98. The van der Waals surface area contributed by atoms with Gasteiger partial charge in [-0.25, -0.2) is 4.79 Å². The molecule has 16 heavy (non-hydrogen) atoms. The quantitative estimate of drug-likeness (QED) is 0.693. The van der Waals surface area contributed by atoms with Crippen LogP contribution < -0.4 is 0 Å². The van der Waals surface area contributed by atoms with Crippen LogP contribution in [0.3, 0.4) is 0 Å². The van der Waals surface area contributed by atoms with Gasteiger partial charge in [-0.05, 0) is 24.5 Å². The Balaban J connectivity index is 2.30. The summed E-state index contributed by atoms with van der Waals surface area (Å²) in [6.45, 7) is 4.76. The summed E-state index contributed by atoms with van der Waals surface area (Å²) in [6, 6.07) is 3.45. The molecule has 0 amide bonds. The van der Waals surface area contributed by atoms with Gasteiger partial charge in [0.1, 0.15) is 0 Å². The van der Waals surface area contributed by atoms with E-state index in [1.54, 1.807) is 18.3 Å². The first-order valence-corrected chi connectivity index (χ1v) is 5.81. The Bertz CT molecular complexity index is 311. The minimum atomic E-state index is -0.281. The normalized spacial score (nSPS) is 12.1. The minimum Gasteiger partial charge on any atom is -0.462 e. The second-order valence-corrected chi connectivity index (χ2v) is 4.09. The summed E-state index contributed by atoms with van der Waals surface area (Å²) in [5.74, 6) is 0.150. The average Bonchev–Trinajstić information content (AvgIpc) is 2.34. The molecule has 0 aliphatic rings. The van der Waals surface area contributed by atoms with Crippen LogP contribution in [0.4, 0.5) is 0 Å². The van der Waals surface area contributed by atoms with Gasteiger partial charge in [0.25, 0.3) is 0 Å². The number of rotatable bonds is 6. The second-order valence-electron chi connectivity index (χ2n) is 4.09.